The normalized spacial score (nSPS) is 11.4. The summed E-state index contributed by atoms with van der Waals surface area (Å²) in [4.78, 5) is 12.6. The van der Waals surface area contributed by atoms with E-state index in [2.05, 4.69) is 5.32 Å². The summed E-state index contributed by atoms with van der Waals surface area (Å²) in [6.45, 7) is 6.34. The molecule has 162 valence electrons. The van der Waals surface area contributed by atoms with E-state index in [-0.39, 0.29) is 5.91 Å². The molecule has 1 heterocycles. The highest BCUT2D eigenvalue weighted by Gasteiger charge is 2.13. The molecule has 0 spiro atoms. The topological polar surface area (TPSA) is 60.7 Å². The fourth-order valence-corrected chi connectivity index (χ4v) is 3.45. The molecule has 4 rings (SSSR count). The zero-order valence-corrected chi connectivity index (χ0v) is 18.3. The van der Waals surface area contributed by atoms with Crippen LogP contribution >= 0.6 is 0 Å². The van der Waals surface area contributed by atoms with E-state index in [4.69, 9.17) is 13.9 Å². The number of amides is 1. The maximum Gasteiger partial charge on any atom is 0.248 e. The number of carbonyl (C=O) groups excluding carboxylic acids is 1. The molecule has 32 heavy (non-hydrogen) atoms. The molecule has 0 aliphatic heterocycles. The number of allylic oxidation sites excluding steroid dienone is 1. The number of aryl methyl sites for hydroxylation is 1. The molecule has 0 saturated heterocycles. The standard InChI is InChI=1S/C27H25NO4/c1-4-30-25-16-26-24(19(3)17-31-26)15-23(25)18(2)14-27(29)28-20-10-12-22(13-11-20)32-21-8-6-5-7-9-21/h5-17H,4H2,1-3H3,(H,28,29)/b18-14+. The third-order valence-electron chi connectivity index (χ3n) is 5.04. The van der Waals surface area contributed by atoms with Crippen molar-refractivity contribution in [2.75, 3.05) is 11.9 Å². The van der Waals surface area contributed by atoms with E-state index in [0.29, 0.717) is 23.8 Å². The molecule has 0 aliphatic carbocycles. The lowest BCUT2D eigenvalue weighted by Gasteiger charge is -2.11. The van der Waals surface area contributed by atoms with E-state index in [9.17, 15) is 4.79 Å². The van der Waals surface area contributed by atoms with Gasteiger partial charge in [0.2, 0.25) is 5.91 Å². The summed E-state index contributed by atoms with van der Waals surface area (Å²) < 4.78 is 17.2. The van der Waals surface area contributed by atoms with Crippen LogP contribution in [0.5, 0.6) is 17.2 Å². The maximum absolute atomic E-state index is 12.6. The monoisotopic (exact) mass is 427 g/mol. The molecule has 0 aliphatic rings. The molecule has 0 radical (unpaired) electrons. The average Bonchev–Trinajstić information content (AvgIpc) is 3.15. The van der Waals surface area contributed by atoms with Gasteiger partial charge in [-0.25, -0.2) is 0 Å². The van der Waals surface area contributed by atoms with Crippen LogP contribution in [0.25, 0.3) is 16.5 Å². The van der Waals surface area contributed by atoms with E-state index < -0.39 is 0 Å². The Morgan fingerprint density at radius 2 is 1.75 bits per heavy atom. The molecule has 0 saturated carbocycles. The first kappa shape index (κ1) is 21.2. The molecule has 4 aromatic rings. The second-order valence-electron chi connectivity index (χ2n) is 7.45. The molecule has 1 aromatic heterocycles. The van der Waals surface area contributed by atoms with Crippen molar-refractivity contribution in [1.29, 1.82) is 0 Å². The van der Waals surface area contributed by atoms with Crippen LogP contribution < -0.4 is 14.8 Å². The molecule has 1 amide bonds. The maximum atomic E-state index is 12.6. The number of fused-ring (bicyclic) bond motifs is 1. The van der Waals surface area contributed by atoms with Gasteiger partial charge in [-0.15, -0.1) is 0 Å². The molecular weight excluding hydrogens is 402 g/mol. The second kappa shape index (κ2) is 9.43. The minimum atomic E-state index is -0.217. The molecular formula is C27H25NO4. The zero-order chi connectivity index (χ0) is 22.5. The molecule has 5 heteroatoms. The van der Waals surface area contributed by atoms with Crippen molar-refractivity contribution in [2.24, 2.45) is 0 Å². The number of nitrogens with one attached hydrogen (secondary N) is 1. The van der Waals surface area contributed by atoms with E-state index >= 15 is 0 Å². The van der Waals surface area contributed by atoms with Crippen molar-refractivity contribution in [2.45, 2.75) is 20.8 Å². The molecule has 0 unspecified atom stereocenters. The van der Waals surface area contributed by atoms with Gasteiger partial charge in [0.25, 0.3) is 0 Å². The minimum absolute atomic E-state index is 0.217. The summed E-state index contributed by atoms with van der Waals surface area (Å²) in [5.41, 5.74) is 4.16. The number of rotatable bonds is 7. The number of carbonyl (C=O) groups is 1. The Hall–Kier alpha value is -3.99. The third kappa shape index (κ3) is 4.83. The van der Waals surface area contributed by atoms with E-state index in [1.807, 2.05) is 87.5 Å². The lowest BCUT2D eigenvalue weighted by atomic mass is 10.0. The van der Waals surface area contributed by atoms with Crippen LogP contribution in [0, 0.1) is 6.92 Å². The molecule has 3 aromatic carbocycles. The van der Waals surface area contributed by atoms with Crippen LogP contribution in [0.1, 0.15) is 25.0 Å². The van der Waals surface area contributed by atoms with E-state index in [1.54, 1.807) is 12.3 Å². The third-order valence-corrected chi connectivity index (χ3v) is 5.04. The molecule has 5 nitrogen and oxygen atoms in total. The number of hydrogen-bond acceptors (Lipinski definition) is 4. The van der Waals surface area contributed by atoms with E-state index in [1.165, 1.54) is 0 Å². The van der Waals surface area contributed by atoms with Crippen LogP contribution in [0.3, 0.4) is 0 Å². The number of para-hydroxylation sites is 1. The predicted molar refractivity (Wildman–Crippen MR) is 127 cm³/mol. The summed E-state index contributed by atoms with van der Waals surface area (Å²) in [6, 6.07) is 20.7. The number of furan rings is 1. The number of ether oxygens (including phenoxy) is 2. The Morgan fingerprint density at radius 3 is 2.47 bits per heavy atom. The second-order valence-corrected chi connectivity index (χ2v) is 7.45. The van der Waals surface area contributed by atoms with Crippen molar-refractivity contribution < 1.29 is 18.7 Å². The lowest BCUT2D eigenvalue weighted by Crippen LogP contribution is -2.08. The van der Waals surface area contributed by atoms with Gasteiger partial charge in [-0.2, -0.15) is 0 Å². The van der Waals surface area contributed by atoms with Crippen molar-refractivity contribution >= 4 is 28.1 Å². The largest absolute Gasteiger partial charge is 0.493 e. The van der Waals surface area contributed by atoms with Gasteiger partial charge in [0.05, 0.1) is 12.9 Å². The summed E-state index contributed by atoms with van der Waals surface area (Å²) in [7, 11) is 0. The van der Waals surface area contributed by atoms with Gasteiger partial charge in [0.15, 0.2) is 0 Å². The van der Waals surface area contributed by atoms with Crippen LogP contribution in [0.2, 0.25) is 0 Å². The Balaban J connectivity index is 1.49. The van der Waals surface area contributed by atoms with Crippen LogP contribution in [0.4, 0.5) is 5.69 Å². The first-order valence-electron chi connectivity index (χ1n) is 10.5. The van der Waals surface area contributed by atoms with Gasteiger partial charge in [0, 0.05) is 28.8 Å². The molecule has 0 atom stereocenters. The highest BCUT2D eigenvalue weighted by Crippen LogP contribution is 2.33. The zero-order valence-electron chi connectivity index (χ0n) is 18.3. The van der Waals surface area contributed by atoms with Gasteiger partial charge in [-0.05, 0) is 74.4 Å². The fraction of sp³-hybridized carbons (Fsp3) is 0.148. The van der Waals surface area contributed by atoms with Gasteiger partial charge in [-0.3, -0.25) is 4.79 Å². The number of anilines is 1. The minimum Gasteiger partial charge on any atom is -0.493 e. The lowest BCUT2D eigenvalue weighted by molar-refractivity contribution is -0.111. The first-order valence-corrected chi connectivity index (χ1v) is 10.5. The number of benzene rings is 3. The highest BCUT2D eigenvalue weighted by atomic mass is 16.5. The average molecular weight is 428 g/mol. The Kier molecular flexibility index (Phi) is 6.26. The van der Waals surface area contributed by atoms with Gasteiger partial charge in [0.1, 0.15) is 22.8 Å². The van der Waals surface area contributed by atoms with Gasteiger partial charge in [-0.1, -0.05) is 18.2 Å². The van der Waals surface area contributed by atoms with Crippen molar-refractivity contribution in [3.05, 3.63) is 90.2 Å². The molecule has 0 fully saturated rings. The molecule has 1 N–H and O–H groups in total. The quantitative estimate of drug-likeness (QED) is 0.323. The fourth-order valence-electron chi connectivity index (χ4n) is 3.45. The van der Waals surface area contributed by atoms with Crippen LogP contribution in [0.15, 0.2) is 83.5 Å². The van der Waals surface area contributed by atoms with Crippen molar-refractivity contribution in [3.63, 3.8) is 0 Å². The highest BCUT2D eigenvalue weighted by molar-refractivity contribution is 6.04. The smallest absolute Gasteiger partial charge is 0.248 e. The predicted octanol–water partition coefficient (Wildman–Crippen LogP) is 6.97. The van der Waals surface area contributed by atoms with Crippen molar-refractivity contribution in [3.8, 4) is 17.2 Å². The Morgan fingerprint density at radius 1 is 1.03 bits per heavy atom. The van der Waals surface area contributed by atoms with Crippen molar-refractivity contribution in [1.82, 2.24) is 0 Å². The van der Waals surface area contributed by atoms with E-state index in [0.717, 1.165) is 33.4 Å². The first-order chi connectivity index (χ1) is 15.5. The van der Waals surface area contributed by atoms with Crippen LogP contribution in [-0.4, -0.2) is 12.5 Å². The molecule has 0 bridgehead atoms. The summed E-state index contributed by atoms with van der Waals surface area (Å²) in [5, 5.41) is 3.90. The summed E-state index contributed by atoms with van der Waals surface area (Å²) in [6.07, 6.45) is 3.30. The Labute approximate surface area is 187 Å². The SMILES string of the molecule is CCOc1cc2occ(C)c2cc1/C(C)=C/C(=O)Nc1ccc(Oc2ccccc2)cc1. The summed E-state index contributed by atoms with van der Waals surface area (Å²) >= 11 is 0. The summed E-state index contributed by atoms with van der Waals surface area (Å²) in [5.74, 6) is 1.94. The van der Waals surface area contributed by atoms with Gasteiger partial charge >= 0.3 is 0 Å². The van der Waals surface area contributed by atoms with Gasteiger partial charge < -0.3 is 19.2 Å². The number of hydrogen-bond donors (Lipinski definition) is 1. The Bertz CT molecular complexity index is 1250. The van der Waals surface area contributed by atoms with Crippen LogP contribution in [-0.2, 0) is 4.79 Å².